The van der Waals surface area contributed by atoms with E-state index in [0.29, 0.717) is 22.7 Å². The van der Waals surface area contributed by atoms with Crippen LogP contribution in [-0.2, 0) is 10.2 Å². The highest BCUT2D eigenvalue weighted by Gasteiger charge is 2.15. The fraction of sp³-hybridized carbons (Fsp3) is 0.417. The first-order valence-corrected chi connectivity index (χ1v) is 7.27. The molecule has 0 radical (unpaired) electrons. The summed E-state index contributed by atoms with van der Waals surface area (Å²) in [5.41, 5.74) is 0.665. The van der Waals surface area contributed by atoms with Crippen molar-refractivity contribution in [1.29, 1.82) is 0 Å². The van der Waals surface area contributed by atoms with Gasteiger partial charge in [-0.1, -0.05) is 0 Å². The number of carbonyl (C=O) groups is 1. The predicted octanol–water partition coefficient (Wildman–Crippen LogP) is 1.62. The smallest absolute Gasteiger partial charge is 0.304 e. The molecule has 0 atom stereocenters. The van der Waals surface area contributed by atoms with Crippen molar-refractivity contribution < 1.29 is 26.6 Å². The van der Waals surface area contributed by atoms with Crippen molar-refractivity contribution in [3.8, 4) is 11.5 Å². The Bertz CT molecular complexity index is 600. The monoisotopic (exact) mass is 305 g/mol. The molecule has 0 aliphatic heterocycles. The molecule has 0 spiro atoms. The lowest BCUT2D eigenvalue weighted by atomic mass is 10.1. The molecule has 112 valence electrons. The van der Waals surface area contributed by atoms with Gasteiger partial charge in [-0.15, -0.1) is 3.89 Å². The van der Waals surface area contributed by atoms with Gasteiger partial charge in [0, 0.05) is 23.9 Å². The van der Waals surface area contributed by atoms with Gasteiger partial charge in [0.25, 0.3) is 0 Å². The van der Waals surface area contributed by atoms with E-state index in [1.165, 1.54) is 33.3 Å². The number of carbonyl (C=O) groups excluding carboxylic acids is 1. The molecule has 1 N–H and O–H groups in total. The van der Waals surface area contributed by atoms with E-state index in [4.69, 9.17) is 9.47 Å². The van der Waals surface area contributed by atoms with E-state index in [9.17, 15) is 17.1 Å². The second-order valence-electron chi connectivity index (χ2n) is 3.98. The first kappa shape index (κ1) is 16.2. The van der Waals surface area contributed by atoms with Crippen LogP contribution in [-0.4, -0.2) is 40.7 Å². The fourth-order valence-electron chi connectivity index (χ4n) is 1.62. The van der Waals surface area contributed by atoms with Crippen molar-refractivity contribution in [3.63, 3.8) is 0 Å². The van der Waals surface area contributed by atoms with Gasteiger partial charge in [-0.3, -0.25) is 4.79 Å². The summed E-state index contributed by atoms with van der Waals surface area (Å²) < 4.78 is 43.5. The predicted molar refractivity (Wildman–Crippen MR) is 72.9 cm³/mol. The summed E-state index contributed by atoms with van der Waals surface area (Å²) in [6.45, 7) is 1.20. The number of rotatable bonds is 7. The number of benzene rings is 1. The topological polar surface area (TPSA) is 81.7 Å². The second-order valence-corrected chi connectivity index (χ2v) is 5.46. The number of anilines is 1. The molecule has 0 aliphatic rings. The highest BCUT2D eigenvalue weighted by molar-refractivity contribution is 7.86. The molecule has 20 heavy (non-hydrogen) atoms. The molecule has 1 aromatic carbocycles. The number of ketones is 1. The summed E-state index contributed by atoms with van der Waals surface area (Å²) in [5, 5.41) is 2.70. The maximum absolute atomic E-state index is 12.4. The highest BCUT2D eigenvalue weighted by Crippen LogP contribution is 2.33. The fourth-order valence-corrected chi connectivity index (χ4v) is 1.97. The molecule has 0 saturated carbocycles. The van der Waals surface area contributed by atoms with Crippen LogP contribution in [0.25, 0.3) is 0 Å². The Kier molecular flexibility index (Phi) is 5.32. The van der Waals surface area contributed by atoms with E-state index in [1.807, 2.05) is 0 Å². The first-order valence-electron chi connectivity index (χ1n) is 5.71. The number of methoxy groups -OCH3 is 2. The zero-order chi connectivity index (χ0) is 15.3. The van der Waals surface area contributed by atoms with Crippen LogP contribution in [0, 0.1) is 0 Å². The Morgan fingerprint density at radius 2 is 1.80 bits per heavy atom. The average molecular weight is 305 g/mol. The van der Waals surface area contributed by atoms with Crippen LogP contribution in [0.1, 0.15) is 17.3 Å². The van der Waals surface area contributed by atoms with Gasteiger partial charge in [0.05, 0.1) is 20.0 Å². The van der Waals surface area contributed by atoms with E-state index in [0.717, 1.165) is 0 Å². The number of hydrogen-bond acceptors (Lipinski definition) is 6. The molecule has 0 aliphatic carbocycles. The number of hydrogen-bond donors (Lipinski definition) is 1. The minimum atomic E-state index is -4.56. The van der Waals surface area contributed by atoms with Crippen molar-refractivity contribution in [1.82, 2.24) is 0 Å². The second kappa shape index (κ2) is 6.56. The minimum absolute atomic E-state index is 0.158. The van der Waals surface area contributed by atoms with Gasteiger partial charge in [-0.25, -0.2) is 0 Å². The lowest BCUT2D eigenvalue weighted by Gasteiger charge is -2.14. The molecule has 1 aromatic rings. The molecule has 6 nitrogen and oxygen atoms in total. The standard InChI is InChI=1S/C12H16FNO5S/c1-8(15)9-6-11(18-2)12(19-3)7-10(9)14-4-5-20(13,16)17/h6-7,14H,4-5H2,1-3H3. The van der Waals surface area contributed by atoms with Crippen molar-refractivity contribution in [2.45, 2.75) is 6.92 Å². The van der Waals surface area contributed by atoms with Gasteiger partial charge in [0.2, 0.25) is 0 Å². The normalized spacial score (nSPS) is 11.0. The van der Waals surface area contributed by atoms with Crippen LogP contribution in [0.5, 0.6) is 11.5 Å². The first-order chi connectivity index (χ1) is 9.28. The SMILES string of the molecule is COc1cc(NCCS(=O)(=O)F)c(C(C)=O)cc1OC. The Morgan fingerprint density at radius 3 is 2.25 bits per heavy atom. The summed E-state index contributed by atoms with van der Waals surface area (Å²) in [7, 11) is -1.69. The number of Topliss-reactive ketones (excluding diaryl/α,β-unsaturated/α-hetero) is 1. The molecule has 0 unspecified atom stereocenters. The third-order valence-electron chi connectivity index (χ3n) is 2.56. The molecule has 0 aromatic heterocycles. The highest BCUT2D eigenvalue weighted by atomic mass is 32.3. The molecule has 1 rings (SSSR count). The van der Waals surface area contributed by atoms with E-state index in [2.05, 4.69) is 5.32 Å². The minimum Gasteiger partial charge on any atom is -0.493 e. The number of halogens is 1. The van der Waals surface area contributed by atoms with Crippen molar-refractivity contribution in [2.75, 3.05) is 31.8 Å². The molecular weight excluding hydrogens is 289 g/mol. The Morgan fingerprint density at radius 1 is 1.25 bits per heavy atom. The lowest BCUT2D eigenvalue weighted by molar-refractivity contribution is 0.101. The van der Waals surface area contributed by atoms with Crippen LogP contribution in [0.4, 0.5) is 9.57 Å². The van der Waals surface area contributed by atoms with Gasteiger partial charge in [-0.05, 0) is 13.0 Å². The third kappa shape index (κ3) is 4.37. The number of nitrogens with one attached hydrogen (secondary N) is 1. The van der Waals surface area contributed by atoms with E-state index >= 15 is 0 Å². The Labute approximate surface area is 117 Å². The van der Waals surface area contributed by atoms with E-state index < -0.39 is 16.0 Å². The lowest BCUT2D eigenvalue weighted by Crippen LogP contribution is -2.14. The summed E-state index contributed by atoms with van der Waals surface area (Å²) in [6.07, 6.45) is 0. The van der Waals surface area contributed by atoms with Crippen LogP contribution in [0.2, 0.25) is 0 Å². The summed E-state index contributed by atoms with van der Waals surface area (Å²) in [5.74, 6) is -0.167. The molecule has 8 heteroatoms. The largest absolute Gasteiger partial charge is 0.493 e. The van der Waals surface area contributed by atoms with Crippen molar-refractivity contribution >= 4 is 21.7 Å². The molecule has 0 saturated heterocycles. The maximum Gasteiger partial charge on any atom is 0.304 e. The summed E-state index contributed by atoms with van der Waals surface area (Å²) in [4.78, 5) is 11.6. The molecule has 0 amide bonds. The van der Waals surface area contributed by atoms with Crippen molar-refractivity contribution in [3.05, 3.63) is 17.7 Å². The molecular formula is C12H16FNO5S. The quantitative estimate of drug-likeness (QED) is 0.609. The van der Waals surface area contributed by atoms with Gasteiger partial charge >= 0.3 is 10.2 Å². The van der Waals surface area contributed by atoms with E-state index in [-0.39, 0.29) is 12.3 Å². The number of ether oxygens (including phenoxy) is 2. The van der Waals surface area contributed by atoms with Crippen LogP contribution in [0.15, 0.2) is 12.1 Å². The Hall–Kier alpha value is -1.83. The Balaban J connectivity index is 3.06. The van der Waals surface area contributed by atoms with Crippen LogP contribution < -0.4 is 14.8 Å². The molecule has 0 fully saturated rings. The third-order valence-corrected chi connectivity index (χ3v) is 3.26. The van der Waals surface area contributed by atoms with Gasteiger partial charge in [0.1, 0.15) is 0 Å². The molecule has 0 bridgehead atoms. The van der Waals surface area contributed by atoms with E-state index in [1.54, 1.807) is 0 Å². The summed E-state index contributed by atoms with van der Waals surface area (Å²) in [6, 6.07) is 2.98. The summed E-state index contributed by atoms with van der Waals surface area (Å²) >= 11 is 0. The van der Waals surface area contributed by atoms with Crippen molar-refractivity contribution in [2.24, 2.45) is 0 Å². The zero-order valence-electron chi connectivity index (χ0n) is 11.4. The van der Waals surface area contributed by atoms with Gasteiger partial charge < -0.3 is 14.8 Å². The molecule has 0 heterocycles. The average Bonchev–Trinajstić information content (AvgIpc) is 2.36. The maximum atomic E-state index is 12.4. The van der Waals surface area contributed by atoms with Gasteiger partial charge in [-0.2, -0.15) is 8.42 Å². The van der Waals surface area contributed by atoms with Gasteiger partial charge in [0.15, 0.2) is 17.3 Å². The van der Waals surface area contributed by atoms with Crippen LogP contribution in [0.3, 0.4) is 0 Å². The zero-order valence-corrected chi connectivity index (χ0v) is 12.2. The van der Waals surface area contributed by atoms with Crippen LogP contribution >= 0.6 is 0 Å².